The van der Waals surface area contributed by atoms with Gasteiger partial charge >= 0.3 is 6.03 Å². The fraction of sp³-hybridized carbons (Fsp3) is 0.500. The number of hydrogen-bond acceptors (Lipinski definition) is 3. The van der Waals surface area contributed by atoms with Gasteiger partial charge in [0.1, 0.15) is 5.54 Å². The second kappa shape index (κ2) is 6.25. The fourth-order valence-corrected chi connectivity index (χ4v) is 5.07. The first-order valence-corrected chi connectivity index (χ1v) is 9.50. The number of benzene rings is 1. The van der Waals surface area contributed by atoms with Crippen LogP contribution in [0.2, 0.25) is 0 Å². The van der Waals surface area contributed by atoms with Gasteiger partial charge in [-0.3, -0.25) is 14.5 Å². The van der Waals surface area contributed by atoms with Crippen molar-refractivity contribution in [1.82, 2.24) is 4.90 Å². The zero-order valence-electron chi connectivity index (χ0n) is 15.3. The lowest BCUT2D eigenvalue weighted by atomic mass is 9.76. The van der Waals surface area contributed by atoms with Crippen LogP contribution in [0.15, 0.2) is 24.3 Å². The molecule has 1 aliphatic carbocycles. The van der Waals surface area contributed by atoms with Crippen LogP contribution < -0.4 is 16.4 Å². The molecule has 27 heavy (non-hydrogen) atoms. The number of urea groups is 1. The topological polar surface area (TPSA) is 110 Å². The van der Waals surface area contributed by atoms with E-state index in [0.29, 0.717) is 19.4 Å². The summed E-state index contributed by atoms with van der Waals surface area (Å²) in [5, 5.41) is 0. The lowest BCUT2D eigenvalue weighted by Crippen LogP contribution is -2.53. The fourth-order valence-electron chi connectivity index (χ4n) is 5.07. The highest BCUT2D eigenvalue weighted by atomic mass is 16.2. The molecule has 2 aliphatic heterocycles. The molecule has 0 aromatic heterocycles. The van der Waals surface area contributed by atoms with Crippen molar-refractivity contribution in [3.8, 4) is 0 Å². The van der Waals surface area contributed by atoms with E-state index in [0.717, 1.165) is 36.9 Å². The lowest BCUT2D eigenvalue weighted by Gasteiger charge is -2.29. The van der Waals surface area contributed by atoms with E-state index in [2.05, 4.69) is 0 Å². The summed E-state index contributed by atoms with van der Waals surface area (Å²) >= 11 is 0. The third kappa shape index (κ3) is 2.67. The third-order valence-electron chi connectivity index (χ3n) is 6.47. The molecule has 4 N–H and O–H groups in total. The molecule has 0 spiro atoms. The summed E-state index contributed by atoms with van der Waals surface area (Å²) in [5.74, 6) is -0.769. The summed E-state index contributed by atoms with van der Waals surface area (Å²) in [5.41, 5.74) is 11.7. The Morgan fingerprint density at radius 2 is 1.74 bits per heavy atom. The Morgan fingerprint density at radius 3 is 2.30 bits per heavy atom. The summed E-state index contributed by atoms with van der Waals surface area (Å²) < 4.78 is 0. The molecule has 4 rings (SSSR count). The van der Waals surface area contributed by atoms with Crippen LogP contribution in [0, 0.1) is 6.42 Å². The molecule has 3 fully saturated rings. The Kier molecular flexibility index (Phi) is 4.13. The molecule has 7 heteroatoms. The molecule has 7 nitrogen and oxygen atoms in total. The summed E-state index contributed by atoms with van der Waals surface area (Å²) in [6.07, 6.45) is 6.95. The van der Waals surface area contributed by atoms with Crippen molar-refractivity contribution in [3.05, 3.63) is 36.2 Å². The molecule has 1 saturated carbocycles. The number of nitrogens with two attached hydrogens (primary N) is 2. The third-order valence-corrected chi connectivity index (χ3v) is 6.47. The molecular formula is C20H25N4O3. The van der Waals surface area contributed by atoms with E-state index in [1.54, 1.807) is 9.80 Å². The van der Waals surface area contributed by atoms with E-state index in [1.165, 1.54) is 0 Å². The molecule has 0 bridgehead atoms. The van der Waals surface area contributed by atoms with Crippen LogP contribution in [-0.4, -0.2) is 41.4 Å². The van der Waals surface area contributed by atoms with Crippen LogP contribution >= 0.6 is 0 Å². The quantitative estimate of drug-likeness (QED) is 0.819. The highest BCUT2D eigenvalue weighted by Crippen LogP contribution is 2.44. The number of hydrogen-bond donors (Lipinski definition) is 2. The molecule has 3 aliphatic rings. The van der Waals surface area contributed by atoms with Gasteiger partial charge in [0.05, 0.1) is 6.54 Å². The summed E-state index contributed by atoms with van der Waals surface area (Å²) in [6.45, 7) is 0.755. The van der Waals surface area contributed by atoms with Gasteiger partial charge in [-0.15, -0.1) is 0 Å². The molecular weight excluding hydrogens is 344 g/mol. The molecule has 2 heterocycles. The maximum absolute atomic E-state index is 12.8. The Labute approximate surface area is 158 Å². The van der Waals surface area contributed by atoms with Crippen molar-refractivity contribution in [2.24, 2.45) is 11.5 Å². The monoisotopic (exact) mass is 369 g/mol. The van der Waals surface area contributed by atoms with Gasteiger partial charge in [-0.2, -0.15) is 0 Å². The second-order valence-electron chi connectivity index (χ2n) is 7.98. The zero-order chi connectivity index (χ0) is 19.2. The van der Waals surface area contributed by atoms with Gasteiger partial charge in [0.25, 0.3) is 0 Å². The van der Waals surface area contributed by atoms with Gasteiger partial charge in [-0.25, -0.2) is 4.79 Å². The number of nitrogens with zero attached hydrogens (tertiary/aromatic N) is 2. The van der Waals surface area contributed by atoms with E-state index in [-0.39, 0.29) is 23.9 Å². The second-order valence-corrected chi connectivity index (χ2v) is 7.98. The van der Waals surface area contributed by atoms with Crippen molar-refractivity contribution in [3.63, 3.8) is 0 Å². The first kappa shape index (κ1) is 17.8. The van der Waals surface area contributed by atoms with Gasteiger partial charge in [0, 0.05) is 30.5 Å². The standard InChI is InChI=1S/C20H25N4O3/c21-16(25)12-19(8-1-2-9-19)14-4-6-15(7-5-14)23-13-20(17(22)26)10-3-11-24(20)18(23)27/h4-7,10H,1-3,8-9,11-13H2,(H2,21,25)(H2,22,26)/t20-/m1/s1. The zero-order valence-corrected chi connectivity index (χ0v) is 15.3. The molecule has 1 aromatic carbocycles. The minimum absolute atomic E-state index is 0.192. The van der Waals surface area contributed by atoms with Crippen molar-refractivity contribution in [2.75, 3.05) is 18.0 Å². The van der Waals surface area contributed by atoms with Crippen LogP contribution in [0.5, 0.6) is 0 Å². The average Bonchev–Trinajstić information content (AvgIpc) is 3.32. The Morgan fingerprint density at radius 1 is 1.07 bits per heavy atom. The number of amides is 4. The van der Waals surface area contributed by atoms with Crippen LogP contribution in [0.3, 0.4) is 0 Å². The van der Waals surface area contributed by atoms with Crippen LogP contribution in [0.4, 0.5) is 10.5 Å². The number of primary amides is 2. The Balaban J connectivity index is 1.61. The van der Waals surface area contributed by atoms with Crippen molar-refractivity contribution in [1.29, 1.82) is 0 Å². The number of rotatable bonds is 5. The maximum atomic E-state index is 12.8. The van der Waals surface area contributed by atoms with Crippen LogP contribution in [0.1, 0.15) is 44.1 Å². The molecule has 0 unspecified atom stereocenters. The van der Waals surface area contributed by atoms with E-state index in [9.17, 15) is 14.4 Å². The van der Waals surface area contributed by atoms with Crippen molar-refractivity contribution in [2.45, 2.75) is 49.5 Å². The maximum Gasteiger partial charge on any atom is 0.325 e. The molecule has 1 radical (unpaired) electrons. The minimum Gasteiger partial charge on any atom is -0.370 e. The number of carbonyl (C=O) groups excluding carboxylic acids is 3. The number of carbonyl (C=O) groups is 3. The Bertz CT molecular complexity index is 785. The van der Waals surface area contributed by atoms with Crippen molar-refractivity contribution >= 4 is 23.5 Å². The van der Waals surface area contributed by atoms with E-state index in [4.69, 9.17) is 11.5 Å². The van der Waals surface area contributed by atoms with E-state index >= 15 is 0 Å². The predicted octanol–water partition coefficient (Wildman–Crippen LogP) is 1.45. The minimum atomic E-state index is -1.01. The van der Waals surface area contributed by atoms with Gasteiger partial charge in [0.15, 0.2) is 0 Å². The normalized spacial score (nSPS) is 26.4. The average molecular weight is 369 g/mol. The SMILES string of the molecule is NC(=O)CC1(c2ccc(N3C[C@@]4(C(N)=O)[CH]CCN4C3=O)cc2)CCCC1. The van der Waals surface area contributed by atoms with Gasteiger partial charge in [0.2, 0.25) is 11.8 Å². The van der Waals surface area contributed by atoms with Crippen molar-refractivity contribution < 1.29 is 14.4 Å². The molecule has 1 aromatic rings. The molecule has 2 saturated heterocycles. The molecule has 143 valence electrons. The van der Waals surface area contributed by atoms with E-state index in [1.807, 2.05) is 30.7 Å². The van der Waals surface area contributed by atoms with Crippen LogP contribution in [-0.2, 0) is 15.0 Å². The first-order valence-electron chi connectivity index (χ1n) is 9.50. The highest BCUT2D eigenvalue weighted by Gasteiger charge is 2.56. The van der Waals surface area contributed by atoms with Gasteiger partial charge in [-0.1, -0.05) is 25.0 Å². The summed E-state index contributed by atoms with van der Waals surface area (Å²) in [7, 11) is 0. The highest BCUT2D eigenvalue weighted by molar-refractivity contribution is 6.04. The summed E-state index contributed by atoms with van der Waals surface area (Å²) in [4.78, 5) is 39.6. The van der Waals surface area contributed by atoms with Gasteiger partial charge < -0.3 is 16.4 Å². The summed E-state index contributed by atoms with van der Waals surface area (Å²) in [6, 6.07) is 7.57. The first-order chi connectivity index (χ1) is 12.9. The number of fused-ring (bicyclic) bond motifs is 1. The smallest absolute Gasteiger partial charge is 0.325 e. The lowest BCUT2D eigenvalue weighted by molar-refractivity contribution is -0.124. The van der Waals surface area contributed by atoms with E-state index < -0.39 is 11.4 Å². The van der Waals surface area contributed by atoms with Gasteiger partial charge in [-0.05, 0) is 37.0 Å². The largest absolute Gasteiger partial charge is 0.370 e. The van der Waals surface area contributed by atoms with Crippen LogP contribution in [0.25, 0.3) is 0 Å². The Hall–Kier alpha value is -2.57. The molecule has 1 atom stereocenters. The number of anilines is 1. The predicted molar refractivity (Wildman–Crippen MR) is 101 cm³/mol. The molecule has 4 amide bonds.